The van der Waals surface area contributed by atoms with Gasteiger partial charge in [-0.15, -0.1) is 11.3 Å². The van der Waals surface area contributed by atoms with Crippen molar-refractivity contribution >= 4 is 22.9 Å². The molecule has 0 aliphatic carbocycles. The zero-order chi connectivity index (χ0) is 15.8. The molecule has 1 amide bonds. The number of anilines is 1. The van der Waals surface area contributed by atoms with Gasteiger partial charge in [0.1, 0.15) is 5.82 Å². The Morgan fingerprint density at radius 1 is 1.26 bits per heavy atom. The van der Waals surface area contributed by atoms with Crippen LogP contribution < -0.4 is 4.90 Å². The van der Waals surface area contributed by atoms with E-state index in [4.69, 9.17) is 4.52 Å². The molecule has 0 bridgehead atoms. The van der Waals surface area contributed by atoms with Gasteiger partial charge in [0.2, 0.25) is 5.91 Å². The summed E-state index contributed by atoms with van der Waals surface area (Å²) < 4.78 is 19.2. The maximum atomic E-state index is 13.9. The summed E-state index contributed by atoms with van der Waals surface area (Å²) in [4.78, 5) is 18.9. The first-order valence-electron chi connectivity index (χ1n) is 7.15. The molecule has 1 saturated heterocycles. The van der Waals surface area contributed by atoms with Crippen LogP contribution >= 0.6 is 11.3 Å². The Kier molecular flexibility index (Phi) is 3.42. The summed E-state index contributed by atoms with van der Waals surface area (Å²) >= 11 is 1.51. The van der Waals surface area contributed by atoms with E-state index in [9.17, 15) is 9.18 Å². The molecule has 1 aliphatic heterocycles. The van der Waals surface area contributed by atoms with E-state index in [-0.39, 0.29) is 18.2 Å². The average Bonchev–Trinajstić information content (AvgIpc) is 3.27. The number of carbonyl (C=O) groups is 1. The van der Waals surface area contributed by atoms with Crippen LogP contribution in [0.15, 0.2) is 46.3 Å². The molecule has 116 valence electrons. The van der Waals surface area contributed by atoms with Crippen molar-refractivity contribution in [2.24, 2.45) is 0 Å². The molecule has 3 aromatic rings. The fourth-order valence-corrected chi connectivity index (χ4v) is 3.33. The van der Waals surface area contributed by atoms with Crippen LogP contribution in [0.4, 0.5) is 10.1 Å². The molecular formula is C16H12FN3O2S. The predicted octanol–water partition coefficient (Wildman–Crippen LogP) is 3.46. The van der Waals surface area contributed by atoms with E-state index in [1.165, 1.54) is 22.3 Å². The lowest BCUT2D eigenvalue weighted by Crippen LogP contribution is -2.25. The van der Waals surface area contributed by atoms with E-state index in [2.05, 4.69) is 10.1 Å². The van der Waals surface area contributed by atoms with Gasteiger partial charge in [0.25, 0.3) is 5.89 Å². The number of hydrogen-bond acceptors (Lipinski definition) is 5. The fraction of sp³-hybridized carbons (Fsp3) is 0.188. The second-order valence-corrected chi connectivity index (χ2v) is 6.24. The lowest BCUT2D eigenvalue weighted by molar-refractivity contribution is -0.117. The largest absolute Gasteiger partial charge is 0.333 e. The number of benzene rings is 1. The quantitative estimate of drug-likeness (QED) is 0.738. The topological polar surface area (TPSA) is 59.2 Å². The highest BCUT2D eigenvalue weighted by molar-refractivity contribution is 7.13. The molecule has 1 atom stereocenters. The van der Waals surface area contributed by atoms with Gasteiger partial charge < -0.3 is 9.42 Å². The summed E-state index contributed by atoms with van der Waals surface area (Å²) in [6.45, 7) is 0.350. The molecule has 0 spiro atoms. The molecule has 2 aromatic heterocycles. The van der Waals surface area contributed by atoms with Crippen molar-refractivity contribution in [2.45, 2.75) is 12.3 Å². The number of nitrogens with zero attached hydrogens (tertiary/aromatic N) is 3. The molecule has 0 N–H and O–H groups in total. The van der Waals surface area contributed by atoms with Gasteiger partial charge >= 0.3 is 0 Å². The van der Waals surface area contributed by atoms with E-state index in [0.717, 1.165) is 4.88 Å². The van der Waals surface area contributed by atoms with Gasteiger partial charge in [-0.1, -0.05) is 23.4 Å². The average molecular weight is 329 g/mol. The first-order chi connectivity index (χ1) is 11.2. The molecule has 5 nitrogen and oxygen atoms in total. The van der Waals surface area contributed by atoms with Crippen LogP contribution in [0, 0.1) is 5.82 Å². The summed E-state index contributed by atoms with van der Waals surface area (Å²) in [5, 5.41) is 5.92. The number of halogens is 1. The van der Waals surface area contributed by atoms with Gasteiger partial charge in [-0.25, -0.2) is 4.39 Å². The second-order valence-electron chi connectivity index (χ2n) is 5.29. The first-order valence-corrected chi connectivity index (χ1v) is 8.02. The van der Waals surface area contributed by atoms with E-state index in [1.807, 2.05) is 17.5 Å². The Morgan fingerprint density at radius 2 is 2.13 bits per heavy atom. The van der Waals surface area contributed by atoms with E-state index >= 15 is 0 Å². The van der Waals surface area contributed by atoms with Crippen molar-refractivity contribution in [1.29, 1.82) is 0 Å². The van der Waals surface area contributed by atoms with Crippen LogP contribution in [-0.4, -0.2) is 22.6 Å². The van der Waals surface area contributed by atoms with Crippen molar-refractivity contribution < 1.29 is 13.7 Å². The fourth-order valence-electron chi connectivity index (χ4n) is 2.69. The highest BCUT2D eigenvalue weighted by atomic mass is 32.1. The van der Waals surface area contributed by atoms with E-state index in [0.29, 0.717) is 23.9 Å². The van der Waals surface area contributed by atoms with Gasteiger partial charge in [-0.2, -0.15) is 4.98 Å². The molecular weight excluding hydrogens is 317 g/mol. The van der Waals surface area contributed by atoms with Crippen molar-refractivity contribution in [3.05, 3.63) is 53.4 Å². The Balaban J connectivity index is 1.58. The van der Waals surface area contributed by atoms with Crippen molar-refractivity contribution in [1.82, 2.24) is 10.1 Å². The normalized spacial score (nSPS) is 17.9. The molecule has 4 rings (SSSR count). The highest BCUT2D eigenvalue weighted by Crippen LogP contribution is 2.33. The molecule has 1 aliphatic rings. The first kappa shape index (κ1) is 14.1. The van der Waals surface area contributed by atoms with Crippen LogP contribution in [0.5, 0.6) is 0 Å². The molecule has 1 fully saturated rings. The van der Waals surface area contributed by atoms with Crippen LogP contribution in [0.3, 0.4) is 0 Å². The van der Waals surface area contributed by atoms with E-state index < -0.39 is 5.82 Å². The predicted molar refractivity (Wildman–Crippen MR) is 83.7 cm³/mol. The standard InChI is InChI=1S/C16H12FN3O2S/c17-11-4-1-2-5-12(11)20-9-10(8-14(20)21)15-18-16(22-19-15)13-6-3-7-23-13/h1-7,10H,8-9H2. The minimum atomic E-state index is -0.408. The van der Waals surface area contributed by atoms with Gasteiger partial charge in [-0.3, -0.25) is 4.79 Å². The lowest BCUT2D eigenvalue weighted by Gasteiger charge is -2.16. The third-order valence-corrected chi connectivity index (χ3v) is 4.66. The molecule has 0 saturated carbocycles. The number of amides is 1. The zero-order valence-electron chi connectivity index (χ0n) is 12.0. The summed E-state index contributed by atoms with van der Waals surface area (Å²) in [6.07, 6.45) is 0.248. The second kappa shape index (κ2) is 5.58. The van der Waals surface area contributed by atoms with Crippen LogP contribution in [0.25, 0.3) is 10.8 Å². The Bertz CT molecular complexity index is 847. The van der Waals surface area contributed by atoms with Crippen molar-refractivity contribution in [2.75, 3.05) is 11.4 Å². The molecule has 0 radical (unpaired) electrons. The van der Waals surface area contributed by atoms with Gasteiger partial charge in [0, 0.05) is 18.9 Å². The maximum Gasteiger partial charge on any atom is 0.267 e. The van der Waals surface area contributed by atoms with Gasteiger partial charge in [0.05, 0.1) is 10.6 Å². The SMILES string of the molecule is O=C1CC(c2noc(-c3cccs3)n2)CN1c1ccccc1F. The third kappa shape index (κ3) is 2.53. The Labute approximate surface area is 135 Å². The third-order valence-electron chi connectivity index (χ3n) is 3.81. The lowest BCUT2D eigenvalue weighted by atomic mass is 10.1. The molecule has 23 heavy (non-hydrogen) atoms. The Morgan fingerprint density at radius 3 is 2.91 bits per heavy atom. The smallest absolute Gasteiger partial charge is 0.267 e. The number of thiophene rings is 1. The van der Waals surface area contributed by atoms with Crippen LogP contribution in [0.1, 0.15) is 18.2 Å². The maximum absolute atomic E-state index is 13.9. The minimum Gasteiger partial charge on any atom is -0.333 e. The van der Waals surface area contributed by atoms with Crippen LogP contribution in [-0.2, 0) is 4.79 Å². The van der Waals surface area contributed by atoms with Crippen molar-refractivity contribution in [3.63, 3.8) is 0 Å². The van der Waals surface area contributed by atoms with Crippen LogP contribution in [0.2, 0.25) is 0 Å². The van der Waals surface area contributed by atoms with Gasteiger partial charge in [-0.05, 0) is 23.6 Å². The summed E-state index contributed by atoms with van der Waals surface area (Å²) in [5.74, 6) is 0.198. The van der Waals surface area contributed by atoms with E-state index in [1.54, 1.807) is 18.2 Å². The summed E-state index contributed by atoms with van der Waals surface area (Å²) in [7, 11) is 0. The molecule has 1 aromatic carbocycles. The highest BCUT2D eigenvalue weighted by Gasteiger charge is 2.35. The minimum absolute atomic E-state index is 0.137. The molecule has 7 heteroatoms. The summed E-state index contributed by atoms with van der Waals surface area (Å²) in [6, 6.07) is 10.1. The number of carbonyl (C=O) groups excluding carboxylic acids is 1. The number of para-hydroxylation sites is 1. The molecule has 1 unspecified atom stereocenters. The molecule has 3 heterocycles. The number of hydrogen-bond donors (Lipinski definition) is 0. The monoisotopic (exact) mass is 329 g/mol. The van der Waals surface area contributed by atoms with Crippen molar-refractivity contribution in [3.8, 4) is 10.8 Å². The number of rotatable bonds is 3. The van der Waals surface area contributed by atoms with Gasteiger partial charge in [0.15, 0.2) is 5.82 Å². The number of aromatic nitrogens is 2. The Hall–Kier alpha value is -2.54. The summed E-state index contributed by atoms with van der Waals surface area (Å²) in [5.41, 5.74) is 0.293. The zero-order valence-corrected chi connectivity index (χ0v) is 12.8.